The van der Waals surface area contributed by atoms with Gasteiger partial charge in [-0.15, -0.1) is 0 Å². The summed E-state index contributed by atoms with van der Waals surface area (Å²) in [5.74, 6) is -0.314. The fraction of sp³-hybridized carbons (Fsp3) is 0. The number of nitrogens with zero attached hydrogens (tertiary/aromatic N) is 1. The number of anilines is 1. The molecule has 0 atom stereocenters. The Balaban J connectivity index is 2.67. The monoisotopic (exact) mass is 135 g/mol. The number of nitrogens with one attached hydrogen (secondary N) is 1. The van der Waals surface area contributed by atoms with Crippen LogP contribution < -0.4 is 5.32 Å². The minimum Gasteiger partial charge on any atom is -0.326 e. The van der Waals surface area contributed by atoms with Crippen LogP contribution in [0, 0.1) is 6.92 Å². The third-order valence-corrected chi connectivity index (χ3v) is 0.964. The third kappa shape index (κ3) is 1.85. The molecule has 1 N–H and O–H groups in total. The van der Waals surface area contributed by atoms with E-state index in [0.717, 1.165) is 5.69 Å². The van der Waals surface area contributed by atoms with Gasteiger partial charge in [0.05, 0.1) is 0 Å². The highest BCUT2D eigenvalue weighted by Crippen LogP contribution is 2.01. The molecule has 1 aromatic heterocycles. The van der Waals surface area contributed by atoms with Crippen molar-refractivity contribution < 1.29 is 4.79 Å². The summed E-state index contributed by atoms with van der Waals surface area (Å²) >= 11 is 0. The maximum Gasteiger partial charge on any atom is 0.224 e. The van der Waals surface area contributed by atoms with E-state index in [4.69, 9.17) is 0 Å². The Bertz CT molecular complexity index is 220. The first-order valence-electron chi connectivity index (χ1n) is 2.82. The molecule has 1 aromatic rings. The van der Waals surface area contributed by atoms with Gasteiger partial charge in [0, 0.05) is 25.0 Å². The van der Waals surface area contributed by atoms with E-state index >= 15 is 0 Å². The number of pyridine rings is 1. The molecule has 0 saturated heterocycles. The number of amides is 1. The standard InChI is InChI=1S/C7H7N2O/c1-6(10)9-7-2-4-8-5-3-7/h2-5H,1H2,(H,8,9,10). The molecule has 0 saturated carbocycles. The first kappa shape index (κ1) is 6.74. The Morgan fingerprint density at radius 3 is 2.60 bits per heavy atom. The van der Waals surface area contributed by atoms with Crippen molar-refractivity contribution in [3.05, 3.63) is 31.5 Å². The number of hydrogen-bond acceptors (Lipinski definition) is 2. The molecule has 0 aliphatic heterocycles. The SMILES string of the molecule is [CH2]C(=O)Nc1ccncc1. The van der Waals surface area contributed by atoms with Crippen LogP contribution in [-0.4, -0.2) is 10.9 Å². The summed E-state index contributed by atoms with van der Waals surface area (Å²) in [7, 11) is 0. The maximum absolute atomic E-state index is 10.4. The van der Waals surface area contributed by atoms with E-state index in [1.807, 2.05) is 0 Å². The maximum atomic E-state index is 10.4. The summed E-state index contributed by atoms with van der Waals surface area (Å²) < 4.78 is 0. The quantitative estimate of drug-likeness (QED) is 0.620. The van der Waals surface area contributed by atoms with E-state index in [0.29, 0.717) is 0 Å². The van der Waals surface area contributed by atoms with Gasteiger partial charge < -0.3 is 5.32 Å². The van der Waals surface area contributed by atoms with Crippen molar-refractivity contribution in [1.82, 2.24) is 4.98 Å². The lowest BCUT2D eigenvalue weighted by atomic mass is 10.4. The number of hydrogen-bond donors (Lipinski definition) is 1. The highest BCUT2D eigenvalue weighted by atomic mass is 16.1. The number of carbonyl (C=O) groups excluding carboxylic acids is 1. The molecule has 1 amide bonds. The molecular formula is C7H7N2O. The van der Waals surface area contributed by atoms with Crippen molar-refractivity contribution in [1.29, 1.82) is 0 Å². The van der Waals surface area contributed by atoms with Gasteiger partial charge in [0.25, 0.3) is 0 Å². The molecule has 0 aromatic carbocycles. The predicted molar refractivity (Wildman–Crippen MR) is 38.2 cm³/mol. The Kier molecular flexibility index (Phi) is 1.99. The van der Waals surface area contributed by atoms with Crippen LogP contribution >= 0.6 is 0 Å². The molecule has 0 aliphatic carbocycles. The van der Waals surface area contributed by atoms with Crippen molar-refractivity contribution in [3.8, 4) is 0 Å². The van der Waals surface area contributed by atoms with E-state index in [-0.39, 0.29) is 5.91 Å². The van der Waals surface area contributed by atoms with Crippen LogP contribution in [0.1, 0.15) is 0 Å². The molecule has 3 heteroatoms. The second kappa shape index (κ2) is 2.96. The zero-order valence-corrected chi connectivity index (χ0v) is 5.37. The molecule has 3 nitrogen and oxygen atoms in total. The normalized spacial score (nSPS) is 8.90. The fourth-order valence-corrected chi connectivity index (χ4v) is 0.596. The van der Waals surface area contributed by atoms with E-state index in [1.54, 1.807) is 24.5 Å². The van der Waals surface area contributed by atoms with Crippen molar-refractivity contribution in [2.24, 2.45) is 0 Å². The summed E-state index contributed by atoms with van der Waals surface area (Å²) in [6.07, 6.45) is 3.20. The summed E-state index contributed by atoms with van der Waals surface area (Å²) in [6, 6.07) is 3.40. The van der Waals surface area contributed by atoms with Gasteiger partial charge in [0.2, 0.25) is 5.91 Å². The van der Waals surface area contributed by atoms with Crippen LogP contribution in [0.15, 0.2) is 24.5 Å². The molecule has 0 spiro atoms. The zero-order valence-electron chi connectivity index (χ0n) is 5.37. The number of rotatable bonds is 1. The first-order valence-corrected chi connectivity index (χ1v) is 2.82. The summed E-state index contributed by atoms with van der Waals surface area (Å²) in [6.45, 7) is 3.16. The van der Waals surface area contributed by atoms with Crippen LogP contribution in [0.25, 0.3) is 0 Å². The summed E-state index contributed by atoms with van der Waals surface area (Å²) in [5.41, 5.74) is 0.718. The molecule has 51 valence electrons. The largest absolute Gasteiger partial charge is 0.326 e. The lowest BCUT2D eigenvalue weighted by Crippen LogP contribution is -2.05. The average molecular weight is 135 g/mol. The van der Waals surface area contributed by atoms with Crippen LogP contribution in [0.4, 0.5) is 5.69 Å². The number of carbonyl (C=O) groups is 1. The second-order valence-electron chi connectivity index (χ2n) is 1.78. The van der Waals surface area contributed by atoms with Crippen molar-refractivity contribution >= 4 is 11.6 Å². The highest BCUT2D eigenvalue weighted by molar-refractivity contribution is 5.93. The highest BCUT2D eigenvalue weighted by Gasteiger charge is 1.90. The van der Waals surface area contributed by atoms with Gasteiger partial charge in [0.1, 0.15) is 0 Å². The van der Waals surface area contributed by atoms with E-state index in [2.05, 4.69) is 17.2 Å². The minimum absolute atomic E-state index is 0.314. The first-order chi connectivity index (χ1) is 4.79. The van der Waals surface area contributed by atoms with E-state index < -0.39 is 0 Å². The molecule has 10 heavy (non-hydrogen) atoms. The third-order valence-electron chi connectivity index (χ3n) is 0.964. The average Bonchev–Trinajstić information content (AvgIpc) is 1.88. The van der Waals surface area contributed by atoms with Crippen LogP contribution in [0.5, 0.6) is 0 Å². The Morgan fingerprint density at radius 1 is 1.50 bits per heavy atom. The smallest absolute Gasteiger partial charge is 0.224 e. The molecular weight excluding hydrogens is 128 g/mol. The van der Waals surface area contributed by atoms with Crippen LogP contribution in [-0.2, 0) is 4.79 Å². The molecule has 1 radical (unpaired) electrons. The van der Waals surface area contributed by atoms with Gasteiger partial charge in [-0.25, -0.2) is 0 Å². The van der Waals surface area contributed by atoms with Crippen LogP contribution in [0.2, 0.25) is 0 Å². The van der Waals surface area contributed by atoms with E-state index in [9.17, 15) is 4.79 Å². The van der Waals surface area contributed by atoms with Crippen molar-refractivity contribution in [2.45, 2.75) is 0 Å². The van der Waals surface area contributed by atoms with E-state index in [1.165, 1.54) is 0 Å². The Morgan fingerprint density at radius 2 is 2.10 bits per heavy atom. The predicted octanol–water partition coefficient (Wildman–Crippen LogP) is 0.854. The van der Waals surface area contributed by atoms with Gasteiger partial charge in [-0.1, -0.05) is 0 Å². The lowest BCUT2D eigenvalue weighted by Gasteiger charge is -1.97. The molecule has 0 bridgehead atoms. The van der Waals surface area contributed by atoms with Crippen molar-refractivity contribution in [3.63, 3.8) is 0 Å². The van der Waals surface area contributed by atoms with Gasteiger partial charge >= 0.3 is 0 Å². The zero-order chi connectivity index (χ0) is 7.40. The molecule has 0 fully saturated rings. The van der Waals surface area contributed by atoms with Crippen LogP contribution in [0.3, 0.4) is 0 Å². The lowest BCUT2D eigenvalue weighted by molar-refractivity contribution is -0.112. The molecule has 1 heterocycles. The minimum atomic E-state index is -0.314. The topological polar surface area (TPSA) is 42.0 Å². The molecule has 0 unspecified atom stereocenters. The van der Waals surface area contributed by atoms with Gasteiger partial charge in [-0.2, -0.15) is 0 Å². The van der Waals surface area contributed by atoms with Gasteiger partial charge in [-0.05, 0) is 12.1 Å². The fourth-order valence-electron chi connectivity index (χ4n) is 0.596. The summed E-state index contributed by atoms with van der Waals surface area (Å²) in [4.78, 5) is 14.2. The summed E-state index contributed by atoms with van der Waals surface area (Å²) in [5, 5.41) is 2.51. The van der Waals surface area contributed by atoms with Crippen molar-refractivity contribution in [2.75, 3.05) is 5.32 Å². The Hall–Kier alpha value is -1.38. The number of aromatic nitrogens is 1. The second-order valence-corrected chi connectivity index (χ2v) is 1.78. The van der Waals surface area contributed by atoms with Gasteiger partial charge in [0.15, 0.2) is 0 Å². The Labute approximate surface area is 59.1 Å². The molecule has 0 aliphatic rings. The molecule has 1 rings (SSSR count). The van der Waals surface area contributed by atoms with Gasteiger partial charge in [-0.3, -0.25) is 9.78 Å².